The van der Waals surface area contributed by atoms with E-state index in [1.54, 1.807) is 12.1 Å². The van der Waals surface area contributed by atoms with Gasteiger partial charge in [-0.05, 0) is 41.8 Å². The lowest BCUT2D eigenvalue weighted by molar-refractivity contribution is 0.0472. The quantitative estimate of drug-likeness (QED) is 0.324. The Morgan fingerprint density at radius 2 is 1.63 bits per heavy atom. The summed E-state index contributed by atoms with van der Waals surface area (Å²) in [6, 6.07) is 22.3. The Morgan fingerprint density at radius 3 is 2.29 bits per heavy atom. The number of ether oxygens (including phenoxy) is 1. The molecular weight excluding hydrogens is 440 g/mol. The minimum Gasteiger partial charge on any atom is -0.457 e. The summed E-state index contributed by atoms with van der Waals surface area (Å²) in [6.45, 7) is 4.84. The van der Waals surface area contributed by atoms with Crippen molar-refractivity contribution in [3.05, 3.63) is 89.5 Å². The molecule has 0 aliphatic carbocycles. The lowest BCUT2D eigenvalue weighted by Crippen LogP contribution is -2.27. The minimum absolute atomic E-state index is 0.149. The van der Waals surface area contributed by atoms with Crippen molar-refractivity contribution in [2.24, 2.45) is 5.92 Å². The first-order valence-electron chi connectivity index (χ1n) is 11.7. The predicted molar refractivity (Wildman–Crippen MR) is 139 cm³/mol. The molecule has 6 heteroatoms. The molecule has 35 heavy (non-hydrogen) atoms. The van der Waals surface area contributed by atoms with Crippen LogP contribution in [0, 0.1) is 5.92 Å². The second kappa shape index (κ2) is 10.5. The van der Waals surface area contributed by atoms with Gasteiger partial charge in [0.05, 0.1) is 11.1 Å². The monoisotopic (exact) mass is 470 g/mol. The average molecular weight is 471 g/mol. The van der Waals surface area contributed by atoms with Crippen LogP contribution in [-0.2, 0) is 11.3 Å². The Bertz CT molecular complexity index is 1320. The molecule has 180 valence electrons. The van der Waals surface area contributed by atoms with E-state index in [1.165, 1.54) is 0 Å². The van der Waals surface area contributed by atoms with Crippen molar-refractivity contribution in [3.8, 4) is 11.3 Å². The molecule has 0 atom stereocenters. The zero-order valence-electron chi connectivity index (χ0n) is 20.5. The Hall–Kier alpha value is -4.06. The summed E-state index contributed by atoms with van der Waals surface area (Å²) in [5.41, 5.74) is 4.34. The molecule has 1 N–H and O–H groups in total. The number of hydrogen-bond acceptors (Lipinski definition) is 5. The van der Waals surface area contributed by atoms with Gasteiger partial charge in [-0.3, -0.25) is 4.79 Å². The van der Waals surface area contributed by atoms with Crippen molar-refractivity contribution in [3.63, 3.8) is 0 Å². The van der Waals surface area contributed by atoms with Crippen molar-refractivity contribution in [2.45, 2.75) is 20.5 Å². The van der Waals surface area contributed by atoms with Gasteiger partial charge >= 0.3 is 5.97 Å². The van der Waals surface area contributed by atoms with E-state index in [2.05, 4.69) is 19.2 Å². The van der Waals surface area contributed by atoms with E-state index in [4.69, 9.17) is 9.15 Å². The number of benzene rings is 3. The van der Waals surface area contributed by atoms with Gasteiger partial charge in [0, 0.05) is 37.3 Å². The molecule has 0 bridgehead atoms. The van der Waals surface area contributed by atoms with Crippen molar-refractivity contribution in [2.75, 3.05) is 25.5 Å². The van der Waals surface area contributed by atoms with Crippen molar-refractivity contribution >= 4 is 28.5 Å². The molecule has 1 aromatic heterocycles. The topological polar surface area (TPSA) is 71.8 Å². The number of rotatable bonds is 8. The number of furan rings is 1. The molecule has 4 aromatic rings. The van der Waals surface area contributed by atoms with Crippen molar-refractivity contribution in [1.82, 2.24) is 5.32 Å². The molecule has 0 saturated carbocycles. The average Bonchev–Trinajstić information content (AvgIpc) is 3.26. The number of nitrogens with one attached hydrogen (secondary N) is 1. The first kappa shape index (κ1) is 24.1. The molecule has 0 radical (unpaired) electrons. The Balaban J connectivity index is 1.50. The molecule has 6 nitrogen and oxygen atoms in total. The third kappa shape index (κ3) is 5.54. The zero-order chi connectivity index (χ0) is 24.9. The molecule has 0 spiro atoms. The Morgan fingerprint density at radius 1 is 0.943 bits per heavy atom. The second-order valence-corrected chi connectivity index (χ2v) is 9.12. The first-order chi connectivity index (χ1) is 16.8. The lowest BCUT2D eigenvalue weighted by Gasteiger charge is -2.12. The van der Waals surface area contributed by atoms with Gasteiger partial charge in [-0.2, -0.15) is 0 Å². The normalized spacial score (nSPS) is 11.0. The van der Waals surface area contributed by atoms with Crippen molar-refractivity contribution < 1.29 is 18.7 Å². The van der Waals surface area contributed by atoms with Crippen LogP contribution in [0.3, 0.4) is 0 Å². The molecular formula is C29H30N2O4. The van der Waals surface area contributed by atoms with Crippen LogP contribution in [0.15, 0.2) is 77.2 Å². The number of carbonyl (C=O) groups excluding carboxylic acids is 2. The van der Waals surface area contributed by atoms with E-state index >= 15 is 0 Å². The van der Waals surface area contributed by atoms with E-state index in [9.17, 15) is 9.59 Å². The summed E-state index contributed by atoms with van der Waals surface area (Å²) in [7, 11) is 3.90. The molecule has 1 heterocycles. The van der Waals surface area contributed by atoms with Gasteiger partial charge in [0.1, 0.15) is 18.0 Å². The number of esters is 1. The molecule has 0 fully saturated rings. The second-order valence-electron chi connectivity index (χ2n) is 9.12. The number of nitrogens with zero attached hydrogens (tertiary/aromatic N) is 1. The smallest absolute Gasteiger partial charge is 0.338 e. The van der Waals surface area contributed by atoms with E-state index in [0.717, 1.165) is 22.2 Å². The Labute approximate surface area is 205 Å². The van der Waals surface area contributed by atoms with E-state index in [0.29, 0.717) is 34.9 Å². The predicted octanol–water partition coefficient (Wildman–Crippen LogP) is 5.91. The summed E-state index contributed by atoms with van der Waals surface area (Å²) in [5.74, 6) is 0.336. The van der Waals surface area contributed by atoms with Gasteiger partial charge in [-0.15, -0.1) is 0 Å². The van der Waals surface area contributed by atoms with Gasteiger partial charge in [0.2, 0.25) is 0 Å². The standard InChI is InChI=1S/C29H30N2O4/c1-19(2)17-30-28(32)26-24-7-5-6-8-25(24)35-27(26)21-11-9-20(10-12-21)18-34-29(33)22-13-15-23(16-14-22)31(3)4/h5-16,19H,17-18H2,1-4H3,(H,30,32). The van der Waals surface area contributed by atoms with Crippen LogP contribution in [0.25, 0.3) is 22.3 Å². The van der Waals surface area contributed by atoms with E-state index in [1.807, 2.05) is 79.7 Å². The molecule has 0 aliphatic rings. The number of amides is 1. The highest BCUT2D eigenvalue weighted by molar-refractivity contribution is 6.11. The summed E-state index contributed by atoms with van der Waals surface area (Å²) >= 11 is 0. The van der Waals surface area contributed by atoms with Crippen LogP contribution in [0.4, 0.5) is 5.69 Å². The van der Waals surface area contributed by atoms with Crippen LogP contribution in [0.1, 0.15) is 40.1 Å². The Kier molecular flexibility index (Phi) is 7.20. The highest BCUT2D eigenvalue weighted by Crippen LogP contribution is 2.34. The third-order valence-corrected chi connectivity index (χ3v) is 5.70. The number of fused-ring (bicyclic) bond motifs is 1. The van der Waals surface area contributed by atoms with Gasteiger partial charge in [0.25, 0.3) is 5.91 Å². The van der Waals surface area contributed by atoms with E-state index in [-0.39, 0.29) is 18.5 Å². The third-order valence-electron chi connectivity index (χ3n) is 5.70. The summed E-state index contributed by atoms with van der Waals surface area (Å²) in [6.07, 6.45) is 0. The fourth-order valence-electron chi connectivity index (χ4n) is 3.74. The number of para-hydroxylation sites is 1. The van der Waals surface area contributed by atoms with Gasteiger partial charge in [-0.1, -0.05) is 56.3 Å². The molecule has 4 rings (SSSR count). The minimum atomic E-state index is -0.374. The largest absolute Gasteiger partial charge is 0.457 e. The molecule has 1 amide bonds. The highest BCUT2D eigenvalue weighted by atomic mass is 16.5. The number of carbonyl (C=O) groups is 2. The van der Waals surface area contributed by atoms with Crippen LogP contribution >= 0.6 is 0 Å². The summed E-state index contributed by atoms with van der Waals surface area (Å²) in [5, 5.41) is 3.78. The molecule has 3 aromatic carbocycles. The first-order valence-corrected chi connectivity index (χ1v) is 11.7. The van der Waals surface area contributed by atoms with Gasteiger partial charge in [0.15, 0.2) is 0 Å². The van der Waals surface area contributed by atoms with E-state index < -0.39 is 0 Å². The molecule has 0 saturated heterocycles. The van der Waals surface area contributed by atoms with Crippen LogP contribution < -0.4 is 10.2 Å². The molecule has 0 aliphatic heterocycles. The van der Waals surface area contributed by atoms with Crippen LogP contribution in [-0.4, -0.2) is 32.5 Å². The summed E-state index contributed by atoms with van der Waals surface area (Å²) < 4.78 is 11.6. The maximum Gasteiger partial charge on any atom is 0.338 e. The van der Waals surface area contributed by atoms with Gasteiger partial charge in [-0.25, -0.2) is 4.79 Å². The summed E-state index contributed by atoms with van der Waals surface area (Å²) in [4.78, 5) is 27.4. The maximum absolute atomic E-state index is 13.0. The molecule has 0 unspecified atom stereocenters. The van der Waals surface area contributed by atoms with Crippen LogP contribution in [0.2, 0.25) is 0 Å². The SMILES string of the molecule is CC(C)CNC(=O)c1c(-c2ccc(COC(=O)c3ccc(N(C)C)cc3)cc2)oc2ccccc12. The van der Waals surface area contributed by atoms with Gasteiger partial charge < -0.3 is 19.4 Å². The number of hydrogen-bond donors (Lipinski definition) is 1. The van der Waals surface area contributed by atoms with Crippen LogP contribution in [0.5, 0.6) is 0 Å². The lowest BCUT2D eigenvalue weighted by atomic mass is 10.0. The highest BCUT2D eigenvalue weighted by Gasteiger charge is 2.22. The zero-order valence-corrected chi connectivity index (χ0v) is 20.5. The maximum atomic E-state index is 13.0. The fraction of sp³-hybridized carbons (Fsp3) is 0.241. The number of anilines is 1. The fourth-order valence-corrected chi connectivity index (χ4v) is 3.74. The van der Waals surface area contributed by atoms with Crippen molar-refractivity contribution in [1.29, 1.82) is 0 Å².